The molecular formula is C15H14FN5S. The summed E-state index contributed by atoms with van der Waals surface area (Å²) in [6.07, 6.45) is 2.60. The van der Waals surface area contributed by atoms with E-state index < -0.39 is 0 Å². The molecule has 0 amide bonds. The van der Waals surface area contributed by atoms with Crippen LogP contribution in [0.1, 0.15) is 0 Å². The van der Waals surface area contributed by atoms with Gasteiger partial charge in [-0.25, -0.2) is 14.4 Å². The maximum atomic E-state index is 13.8. The van der Waals surface area contributed by atoms with Gasteiger partial charge in [0.2, 0.25) is 0 Å². The molecule has 0 aliphatic carbocycles. The van der Waals surface area contributed by atoms with E-state index in [0.29, 0.717) is 5.82 Å². The predicted molar refractivity (Wildman–Crippen MR) is 86.0 cm³/mol. The number of benzene rings is 1. The molecule has 4 rings (SSSR count). The minimum Gasteiger partial charge on any atom is -0.352 e. The lowest BCUT2D eigenvalue weighted by molar-refractivity contribution is 0.582. The van der Waals surface area contributed by atoms with E-state index in [0.717, 1.165) is 32.0 Å². The molecule has 0 spiro atoms. The molecule has 112 valence electrons. The number of halogens is 1. The zero-order valence-corrected chi connectivity index (χ0v) is 12.6. The van der Waals surface area contributed by atoms with Crippen molar-refractivity contribution >= 4 is 33.3 Å². The summed E-state index contributed by atoms with van der Waals surface area (Å²) in [6.45, 7) is 3.05. The van der Waals surface area contributed by atoms with Gasteiger partial charge in [-0.15, -0.1) is 0 Å². The fraction of sp³-hybridized carbons (Fsp3) is 0.267. The molecule has 5 nitrogen and oxygen atoms in total. The monoisotopic (exact) mass is 315 g/mol. The summed E-state index contributed by atoms with van der Waals surface area (Å²) in [5.74, 6) is 1.05. The third-order valence-corrected chi connectivity index (χ3v) is 4.70. The van der Waals surface area contributed by atoms with Gasteiger partial charge in [-0.2, -0.15) is 4.37 Å². The zero-order valence-electron chi connectivity index (χ0n) is 11.8. The van der Waals surface area contributed by atoms with Crippen molar-refractivity contribution in [1.29, 1.82) is 0 Å². The van der Waals surface area contributed by atoms with Crippen LogP contribution in [0.15, 0.2) is 36.8 Å². The van der Waals surface area contributed by atoms with Crippen LogP contribution in [0.25, 0.3) is 10.1 Å². The first kappa shape index (κ1) is 13.4. The Morgan fingerprint density at radius 3 is 2.50 bits per heavy atom. The van der Waals surface area contributed by atoms with Crippen LogP contribution in [-0.2, 0) is 0 Å². The lowest BCUT2D eigenvalue weighted by Gasteiger charge is -2.35. The third-order valence-electron chi connectivity index (χ3n) is 3.89. The minimum absolute atomic E-state index is 0.366. The van der Waals surface area contributed by atoms with Gasteiger partial charge in [0.05, 0.1) is 10.9 Å². The summed E-state index contributed by atoms with van der Waals surface area (Å²) in [4.78, 5) is 12.0. The average Bonchev–Trinajstić information content (AvgIpc) is 3.00. The first-order valence-corrected chi connectivity index (χ1v) is 7.90. The Bertz CT molecular complexity index is 797. The number of nitrogens with zero attached hydrogens (tertiary/aromatic N) is 5. The van der Waals surface area contributed by atoms with Crippen LogP contribution in [0, 0.1) is 5.82 Å². The van der Waals surface area contributed by atoms with Crippen LogP contribution in [0.4, 0.5) is 16.0 Å². The molecule has 1 aliphatic rings. The van der Waals surface area contributed by atoms with Gasteiger partial charge in [-0.3, -0.25) is 0 Å². The minimum atomic E-state index is -0.366. The first-order valence-electron chi connectivity index (χ1n) is 7.13. The van der Waals surface area contributed by atoms with E-state index in [1.165, 1.54) is 34.1 Å². The summed E-state index contributed by atoms with van der Waals surface area (Å²) in [5.41, 5.74) is 0. The van der Waals surface area contributed by atoms with Crippen molar-refractivity contribution in [2.45, 2.75) is 0 Å². The van der Waals surface area contributed by atoms with Crippen molar-refractivity contribution in [2.75, 3.05) is 36.0 Å². The summed E-state index contributed by atoms with van der Waals surface area (Å²) >= 11 is 1.52. The molecule has 1 aromatic carbocycles. The molecule has 0 unspecified atom stereocenters. The molecule has 22 heavy (non-hydrogen) atoms. The molecule has 0 atom stereocenters. The highest BCUT2D eigenvalue weighted by Gasteiger charge is 2.23. The van der Waals surface area contributed by atoms with Crippen molar-refractivity contribution in [1.82, 2.24) is 14.3 Å². The summed E-state index contributed by atoms with van der Waals surface area (Å²) in [6, 6.07) is 8.25. The zero-order chi connectivity index (χ0) is 14.9. The normalized spacial score (nSPS) is 15.5. The largest absolute Gasteiger partial charge is 0.352 e. The van der Waals surface area contributed by atoms with Gasteiger partial charge in [-0.1, -0.05) is 12.1 Å². The number of piperazine rings is 1. The van der Waals surface area contributed by atoms with E-state index in [9.17, 15) is 4.39 Å². The van der Waals surface area contributed by atoms with Gasteiger partial charge in [-0.05, 0) is 23.7 Å². The maximum absolute atomic E-state index is 13.8. The molecule has 0 saturated carbocycles. The topological polar surface area (TPSA) is 45.2 Å². The Balaban J connectivity index is 1.54. The standard InChI is InChI=1S/C15H14FN5S/c16-12-9-17-10-18-15(12)21-7-5-20(6-8-21)14-11-3-1-2-4-13(11)22-19-14/h1-4,9-10H,5-8H2. The van der Waals surface area contributed by atoms with E-state index in [4.69, 9.17) is 0 Å². The highest BCUT2D eigenvalue weighted by Crippen LogP contribution is 2.30. The van der Waals surface area contributed by atoms with Gasteiger partial charge >= 0.3 is 0 Å². The van der Waals surface area contributed by atoms with Gasteiger partial charge in [0.25, 0.3) is 0 Å². The van der Waals surface area contributed by atoms with Crippen LogP contribution in [0.5, 0.6) is 0 Å². The molecule has 0 bridgehead atoms. The molecule has 1 aliphatic heterocycles. The Morgan fingerprint density at radius 1 is 1.00 bits per heavy atom. The second-order valence-electron chi connectivity index (χ2n) is 5.17. The van der Waals surface area contributed by atoms with E-state index in [2.05, 4.69) is 31.4 Å². The fourth-order valence-corrected chi connectivity index (χ4v) is 3.57. The summed E-state index contributed by atoms with van der Waals surface area (Å²) in [5, 5.41) is 1.19. The predicted octanol–water partition coefficient (Wildman–Crippen LogP) is 2.55. The van der Waals surface area contributed by atoms with Crippen LogP contribution < -0.4 is 9.80 Å². The molecule has 3 heterocycles. The number of aromatic nitrogens is 3. The smallest absolute Gasteiger partial charge is 0.183 e. The summed E-state index contributed by atoms with van der Waals surface area (Å²) in [7, 11) is 0. The number of hydrogen-bond donors (Lipinski definition) is 0. The Hall–Kier alpha value is -2.28. The first-order chi connectivity index (χ1) is 10.8. The average molecular weight is 315 g/mol. The molecule has 0 N–H and O–H groups in total. The van der Waals surface area contributed by atoms with Crippen molar-refractivity contribution in [3.8, 4) is 0 Å². The number of anilines is 2. The van der Waals surface area contributed by atoms with Gasteiger partial charge in [0.15, 0.2) is 11.6 Å². The molecule has 3 aromatic rings. The second-order valence-corrected chi connectivity index (χ2v) is 5.98. The highest BCUT2D eigenvalue weighted by atomic mass is 32.1. The fourth-order valence-electron chi connectivity index (χ4n) is 2.77. The lowest BCUT2D eigenvalue weighted by atomic mass is 10.2. The number of hydrogen-bond acceptors (Lipinski definition) is 6. The molecule has 1 fully saturated rings. The van der Waals surface area contributed by atoms with Gasteiger partial charge in [0.1, 0.15) is 12.1 Å². The quantitative estimate of drug-likeness (QED) is 0.727. The van der Waals surface area contributed by atoms with Crippen molar-refractivity contribution in [3.63, 3.8) is 0 Å². The van der Waals surface area contributed by atoms with Crippen molar-refractivity contribution < 1.29 is 4.39 Å². The number of fused-ring (bicyclic) bond motifs is 1. The molecule has 0 radical (unpaired) electrons. The lowest BCUT2D eigenvalue weighted by Crippen LogP contribution is -2.47. The van der Waals surface area contributed by atoms with Gasteiger partial charge in [0, 0.05) is 31.6 Å². The maximum Gasteiger partial charge on any atom is 0.183 e. The molecule has 2 aromatic heterocycles. The van der Waals surface area contributed by atoms with Crippen LogP contribution >= 0.6 is 11.5 Å². The summed E-state index contributed by atoms with van der Waals surface area (Å²) < 4.78 is 19.5. The van der Waals surface area contributed by atoms with Crippen molar-refractivity contribution in [2.24, 2.45) is 0 Å². The third kappa shape index (κ3) is 2.27. The molecular weight excluding hydrogens is 301 g/mol. The second kappa shape index (κ2) is 5.49. The van der Waals surface area contributed by atoms with Gasteiger partial charge < -0.3 is 9.80 Å². The highest BCUT2D eigenvalue weighted by molar-refractivity contribution is 7.13. The van der Waals surface area contributed by atoms with E-state index in [1.807, 2.05) is 17.0 Å². The Labute approximate surface area is 131 Å². The molecule has 1 saturated heterocycles. The van der Waals surface area contributed by atoms with E-state index in [1.54, 1.807) is 0 Å². The SMILES string of the molecule is Fc1cncnc1N1CCN(c2nsc3ccccc23)CC1. The van der Waals surface area contributed by atoms with Crippen LogP contribution in [0.3, 0.4) is 0 Å². The molecule has 7 heteroatoms. The Morgan fingerprint density at radius 2 is 1.73 bits per heavy atom. The number of rotatable bonds is 2. The van der Waals surface area contributed by atoms with Crippen molar-refractivity contribution in [3.05, 3.63) is 42.6 Å². The van der Waals surface area contributed by atoms with E-state index in [-0.39, 0.29) is 5.82 Å². The van der Waals surface area contributed by atoms with Crippen LogP contribution in [-0.4, -0.2) is 40.5 Å². The Kier molecular flexibility index (Phi) is 3.34. The van der Waals surface area contributed by atoms with Crippen LogP contribution in [0.2, 0.25) is 0 Å². The van der Waals surface area contributed by atoms with E-state index >= 15 is 0 Å².